The van der Waals surface area contributed by atoms with Crippen molar-refractivity contribution in [3.8, 4) is 50.6 Å². The molecule has 0 aliphatic rings. The average molecular weight is 1070 g/mol. The number of para-hydroxylation sites is 2. The Labute approximate surface area is 421 Å². The molecule has 0 fully saturated rings. The van der Waals surface area contributed by atoms with Gasteiger partial charge in [0.05, 0.1) is 22.4 Å². The number of hydrogen-bond donors (Lipinski definition) is 0. The molecule has 0 amide bonds. The normalized spacial score (nSPS) is 12.7. The number of aryl methyl sites for hydroxylation is 1. The molecule has 0 bridgehead atoms. The van der Waals surface area contributed by atoms with Gasteiger partial charge >= 0.3 is 0 Å². The van der Waals surface area contributed by atoms with Crippen LogP contribution in [-0.2, 0) is 30.9 Å². The molecule has 0 aliphatic heterocycles. The van der Waals surface area contributed by atoms with Crippen LogP contribution in [0, 0.1) is 19.0 Å². The fourth-order valence-corrected chi connectivity index (χ4v) is 9.06. The molecule has 0 N–H and O–H groups in total. The molecule has 0 saturated carbocycles. The van der Waals surface area contributed by atoms with Crippen LogP contribution in [0.4, 0.5) is 0 Å². The van der Waals surface area contributed by atoms with Crippen LogP contribution in [0.15, 0.2) is 162 Å². The van der Waals surface area contributed by atoms with Gasteiger partial charge in [0, 0.05) is 41.5 Å². The van der Waals surface area contributed by atoms with Gasteiger partial charge in [0.1, 0.15) is 5.58 Å². The molecule has 7 aromatic carbocycles. The summed E-state index contributed by atoms with van der Waals surface area (Å²) in [5.41, 5.74) is 17.0. The predicted molar refractivity (Wildman–Crippen MR) is 282 cm³/mol. The van der Waals surface area contributed by atoms with E-state index in [0.717, 1.165) is 66.7 Å². The van der Waals surface area contributed by atoms with Gasteiger partial charge in [-0.05, 0) is 116 Å². The van der Waals surface area contributed by atoms with Crippen LogP contribution in [0.1, 0.15) is 113 Å². The van der Waals surface area contributed by atoms with Crippen molar-refractivity contribution in [3.63, 3.8) is 0 Å². The molecule has 4 nitrogen and oxygen atoms in total. The summed E-state index contributed by atoms with van der Waals surface area (Å²) in [6.07, 6.45) is 1.48. The third-order valence-corrected chi connectivity index (χ3v) is 12.7. The molecule has 0 atom stereocenters. The van der Waals surface area contributed by atoms with Gasteiger partial charge in [-0.2, -0.15) is 0 Å². The maximum absolute atomic E-state index is 7.65. The third-order valence-electron chi connectivity index (χ3n) is 12.7. The summed E-state index contributed by atoms with van der Waals surface area (Å²) in [5, 5.41) is 2.15. The second-order valence-electron chi connectivity index (χ2n) is 20.3. The van der Waals surface area contributed by atoms with E-state index in [0.29, 0.717) is 5.56 Å². The molecule has 10 rings (SSSR count). The van der Waals surface area contributed by atoms with Gasteiger partial charge in [-0.15, -0.1) is 54.1 Å². The smallest absolute Gasteiger partial charge is 0.121 e. The molecule has 1 radical (unpaired) electrons. The number of benzene rings is 7. The molecule has 68 heavy (non-hydrogen) atoms. The van der Waals surface area contributed by atoms with Crippen LogP contribution in [0.2, 0.25) is 0 Å². The first-order valence-corrected chi connectivity index (χ1v) is 23.5. The molecule has 3 heterocycles. The van der Waals surface area contributed by atoms with Crippen molar-refractivity contribution >= 4 is 33.0 Å². The van der Waals surface area contributed by atoms with Crippen molar-refractivity contribution in [2.45, 2.75) is 98.8 Å². The Hall–Kier alpha value is -6.39. The molecule has 0 saturated heterocycles. The zero-order valence-corrected chi connectivity index (χ0v) is 43.1. The summed E-state index contributed by atoms with van der Waals surface area (Å²) < 4.78 is 32.1. The van der Waals surface area contributed by atoms with Crippen molar-refractivity contribution in [2.75, 3.05) is 0 Å². The zero-order valence-electron chi connectivity index (χ0n) is 43.7. The summed E-state index contributed by atoms with van der Waals surface area (Å²) in [5.74, 6) is 1.40. The summed E-state index contributed by atoms with van der Waals surface area (Å²) in [6, 6.07) is 59.6. The van der Waals surface area contributed by atoms with Gasteiger partial charge in [0.25, 0.3) is 0 Å². The zero-order chi connectivity index (χ0) is 49.7. The van der Waals surface area contributed by atoms with E-state index in [1.165, 1.54) is 45.3 Å². The number of hydrogen-bond acceptors (Lipinski definition) is 3. The quantitative estimate of drug-likeness (QED) is 0.149. The van der Waals surface area contributed by atoms with Crippen molar-refractivity contribution in [1.29, 1.82) is 0 Å². The van der Waals surface area contributed by atoms with Gasteiger partial charge in [-0.3, -0.25) is 4.98 Å². The number of rotatable bonds is 7. The van der Waals surface area contributed by atoms with E-state index in [2.05, 4.69) is 185 Å². The van der Waals surface area contributed by atoms with Crippen LogP contribution in [-0.4, -0.2) is 14.5 Å². The second kappa shape index (κ2) is 19.3. The summed E-state index contributed by atoms with van der Waals surface area (Å²) in [7, 11) is 0. The van der Waals surface area contributed by atoms with E-state index in [1.807, 2.05) is 57.2 Å². The minimum atomic E-state index is -2.14. The topological polar surface area (TPSA) is 43.9 Å². The van der Waals surface area contributed by atoms with Crippen LogP contribution >= 0.6 is 0 Å². The van der Waals surface area contributed by atoms with Crippen molar-refractivity contribution in [1.82, 2.24) is 14.5 Å². The number of imidazole rings is 1. The van der Waals surface area contributed by atoms with E-state index >= 15 is 0 Å². The van der Waals surface area contributed by atoms with Crippen LogP contribution < -0.4 is 0 Å². The van der Waals surface area contributed by atoms with Crippen molar-refractivity contribution in [2.24, 2.45) is 0 Å². The van der Waals surface area contributed by atoms with Gasteiger partial charge in [0.15, 0.2) is 0 Å². The Bertz CT molecular complexity index is 3450. The molecule has 5 heteroatoms. The summed E-state index contributed by atoms with van der Waals surface area (Å²) >= 11 is 0. The molecule has 345 valence electrons. The molecule has 0 aliphatic carbocycles. The van der Waals surface area contributed by atoms with Crippen LogP contribution in [0.25, 0.3) is 83.6 Å². The Morgan fingerprint density at radius 2 is 1.28 bits per heavy atom. The summed E-state index contributed by atoms with van der Waals surface area (Å²) in [6.45, 7) is 19.8. The Balaban J connectivity index is 0.000000271. The number of fused-ring (bicyclic) bond motifs is 4. The number of nitrogens with zero attached hydrogens (tertiary/aromatic N) is 3. The Morgan fingerprint density at radius 1 is 0.618 bits per heavy atom. The number of pyridine rings is 1. The van der Waals surface area contributed by atoms with Gasteiger partial charge in [-0.25, -0.2) is 0 Å². The molecule has 3 aromatic heterocycles. The van der Waals surface area contributed by atoms with E-state index in [-0.39, 0.29) is 42.8 Å². The fourth-order valence-electron chi connectivity index (χ4n) is 9.06. The van der Waals surface area contributed by atoms with E-state index in [1.54, 1.807) is 0 Å². The standard InChI is InChI=1S/C47H43N2O.C16H18N.Ir/c1-29(2)39-26-34(31-14-9-8-10-15-31)27-40(30(3)4)44(39)49-42-19-12-11-18-41(42)48-46(49)38-17-13-16-37-36-25-22-33(28-43(36)50-45(37)38)32-20-23-35(24-21-32)47(5,6)7;1-12-11-17-15(10-14(12)16(2,3)4)13-8-6-5-7-9-13;/h8-16,18-30H,1-7H3;5-8,10-11H,1-4H3;/q2*-1;/i;1D3;. The first-order chi connectivity index (χ1) is 33.3. The number of furan rings is 1. The molecular weight excluding hydrogens is 1010 g/mol. The minimum Gasteiger partial charge on any atom is -0.501 e. The first kappa shape index (κ1) is 44.1. The second-order valence-corrected chi connectivity index (χ2v) is 20.3. The van der Waals surface area contributed by atoms with Gasteiger partial charge in [0.2, 0.25) is 0 Å². The summed E-state index contributed by atoms with van der Waals surface area (Å²) in [4.78, 5) is 9.62. The monoisotopic (exact) mass is 1070 g/mol. The minimum absolute atomic E-state index is 0. The van der Waals surface area contributed by atoms with Crippen molar-refractivity contribution < 1.29 is 28.6 Å². The molecule has 0 unspecified atom stereocenters. The third kappa shape index (κ3) is 9.53. The number of aromatic nitrogens is 3. The molecular formula is C63H61IrN3O-2. The molecule has 10 aromatic rings. The van der Waals surface area contributed by atoms with E-state index in [9.17, 15) is 0 Å². The largest absolute Gasteiger partial charge is 0.501 e. The van der Waals surface area contributed by atoms with Gasteiger partial charge < -0.3 is 14.0 Å². The Morgan fingerprint density at radius 3 is 1.93 bits per heavy atom. The maximum atomic E-state index is 7.65. The predicted octanol–water partition coefficient (Wildman–Crippen LogP) is 17.4. The Kier molecular flexibility index (Phi) is 12.5. The van der Waals surface area contributed by atoms with E-state index in [4.69, 9.17) is 13.5 Å². The average Bonchev–Trinajstić information content (AvgIpc) is 3.92. The van der Waals surface area contributed by atoms with Crippen LogP contribution in [0.5, 0.6) is 0 Å². The SMILES string of the molecule is CC(C)c1cc(-c2ccccc2)cc(C(C)C)c1-n1c(-c2[c-]ccc3c2oc2cc(-c4ccc(C(C)(C)C)cc4)ccc23)nc2ccccc21.[2H]C([2H])([2H])c1cnc(-c2[c-]cccc2)cc1C(C)(C)C.[Ir]. The van der Waals surface area contributed by atoms with E-state index < -0.39 is 6.85 Å². The maximum Gasteiger partial charge on any atom is 0.121 e. The molecule has 0 spiro atoms. The van der Waals surface area contributed by atoms with Crippen molar-refractivity contribution in [3.05, 3.63) is 198 Å². The van der Waals surface area contributed by atoms with Gasteiger partial charge in [-0.1, -0.05) is 165 Å². The first-order valence-electron chi connectivity index (χ1n) is 25.0. The van der Waals surface area contributed by atoms with Crippen LogP contribution in [0.3, 0.4) is 0 Å². The fraction of sp³-hybridized carbons (Fsp3) is 0.238.